The molecule has 8 N–H and O–H groups in total. The zero-order valence-corrected chi connectivity index (χ0v) is 17.1. The molecule has 0 unspecified atom stereocenters. The molecule has 32 heavy (non-hydrogen) atoms. The Labute approximate surface area is 180 Å². The molecule has 4 atom stereocenters. The molecule has 1 aliphatic rings. The number of imidazole rings is 1. The van der Waals surface area contributed by atoms with Gasteiger partial charge in [0.1, 0.15) is 24.1 Å². The van der Waals surface area contributed by atoms with Crippen LogP contribution in [-0.2, 0) is 14.9 Å². The van der Waals surface area contributed by atoms with E-state index in [1.54, 1.807) is 4.72 Å². The number of hydrogen-bond donors (Lipinski definition) is 7. The minimum atomic E-state index is -4.37. The number of para-hydroxylation sites is 1. The number of nitrogens with one attached hydrogen (secondary N) is 3. The first-order valence-corrected chi connectivity index (χ1v) is 10.8. The number of benzene rings is 1. The zero-order chi connectivity index (χ0) is 23.0. The second kappa shape index (κ2) is 8.29. The van der Waals surface area contributed by atoms with Crippen molar-refractivity contribution in [2.75, 3.05) is 12.3 Å². The first-order chi connectivity index (χ1) is 15.2. The van der Waals surface area contributed by atoms with E-state index in [-0.39, 0.29) is 17.1 Å². The van der Waals surface area contributed by atoms with Gasteiger partial charge in [0.15, 0.2) is 18.5 Å². The van der Waals surface area contributed by atoms with Gasteiger partial charge in [-0.3, -0.25) is 9.78 Å². The van der Waals surface area contributed by atoms with Crippen LogP contribution in [0.4, 0.5) is 5.82 Å². The van der Waals surface area contributed by atoms with Crippen molar-refractivity contribution in [3.8, 4) is 5.75 Å². The average Bonchev–Trinajstić information content (AvgIpc) is 3.29. The first kappa shape index (κ1) is 21.8. The van der Waals surface area contributed by atoms with Gasteiger partial charge in [-0.15, -0.1) is 0 Å². The number of ether oxygens (including phenoxy) is 1. The van der Waals surface area contributed by atoms with Crippen LogP contribution in [0.25, 0.3) is 11.2 Å². The molecule has 0 saturated carbocycles. The number of nitrogen functional groups attached to an aromatic ring is 1. The second-order valence-electron chi connectivity index (χ2n) is 6.98. The largest absolute Gasteiger partial charge is 0.507 e. The highest BCUT2D eigenvalue weighted by atomic mass is 32.2. The van der Waals surface area contributed by atoms with Crippen molar-refractivity contribution in [1.82, 2.24) is 24.4 Å². The molecule has 0 spiro atoms. The topological polar surface area (TPSA) is 217 Å². The molecule has 3 heterocycles. The van der Waals surface area contributed by atoms with Gasteiger partial charge in [0.25, 0.3) is 5.91 Å². The summed E-state index contributed by atoms with van der Waals surface area (Å²) < 4.78 is 35.3. The van der Waals surface area contributed by atoms with Crippen molar-refractivity contribution in [3.05, 3.63) is 42.5 Å². The molecule has 0 aliphatic carbocycles. The minimum Gasteiger partial charge on any atom is -0.507 e. The SMILES string of the molecule is Nc1ncnc2c1[nH]c[n+]2[C@@H]1O[C@H](CNS(=O)(=O)NC(=O)c2ccccc2O)[C@@H](O)[C@H]1O. The summed E-state index contributed by atoms with van der Waals surface area (Å²) in [4.78, 5) is 22.9. The molecule has 1 saturated heterocycles. The van der Waals surface area contributed by atoms with Crippen LogP contribution in [0.5, 0.6) is 5.75 Å². The van der Waals surface area contributed by atoms with Gasteiger partial charge in [0.05, 0.1) is 5.56 Å². The molecule has 1 amide bonds. The molecule has 4 rings (SSSR count). The van der Waals surface area contributed by atoms with Gasteiger partial charge >= 0.3 is 15.9 Å². The Kier molecular flexibility index (Phi) is 5.66. The number of nitrogens with zero attached hydrogens (tertiary/aromatic N) is 3. The monoisotopic (exact) mass is 466 g/mol. The first-order valence-electron chi connectivity index (χ1n) is 9.28. The Hall–Kier alpha value is -3.37. The maximum Gasteiger partial charge on any atom is 0.309 e. The van der Waals surface area contributed by atoms with Crippen molar-refractivity contribution in [2.45, 2.75) is 24.5 Å². The zero-order valence-electron chi connectivity index (χ0n) is 16.3. The second-order valence-corrected chi connectivity index (χ2v) is 8.48. The van der Waals surface area contributed by atoms with Crippen LogP contribution < -0.4 is 19.7 Å². The number of aromatic hydroxyl groups is 1. The van der Waals surface area contributed by atoms with E-state index in [1.807, 2.05) is 0 Å². The standard InChI is InChI=1S/C17H19N7O7S/c18-14-11-15(20-6-19-14)24(7-21-11)17-13(27)12(26)10(31-17)5-22-32(29,30)23-16(28)8-3-1-2-4-9(8)25/h1-4,6-7,10,12-13,17,22,26-27H,5H2,(H4,18,19,20,23,25,28)/p+1/t10-,12-,13-,17-/m1/s1. The maximum atomic E-state index is 12.2. The molecule has 1 aromatic carbocycles. The summed E-state index contributed by atoms with van der Waals surface area (Å²) in [6.07, 6.45) is -2.47. The van der Waals surface area contributed by atoms with Crippen molar-refractivity contribution in [2.24, 2.45) is 0 Å². The number of H-pyrrole nitrogens is 1. The molecule has 14 nitrogen and oxygen atoms in total. The Balaban J connectivity index is 1.44. The molecular weight excluding hydrogens is 446 g/mol. The fourth-order valence-electron chi connectivity index (χ4n) is 3.31. The number of carbonyl (C=O) groups excluding carboxylic acids is 1. The number of fused-ring (bicyclic) bond motifs is 1. The van der Waals surface area contributed by atoms with E-state index in [0.29, 0.717) is 11.2 Å². The molecule has 0 bridgehead atoms. The summed E-state index contributed by atoms with van der Waals surface area (Å²) in [7, 11) is -4.37. The number of hydrogen-bond acceptors (Lipinski definition) is 10. The predicted molar refractivity (Wildman–Crippen MR) is 107 cm³/mol. The molecule has 2 aromatic heterocycles. The maximum absolute atomic E-state index is 12.2. The van der Waals surface area contributed by atoms with E-state index in [9.17, 15) is 28.5 Å². The summed E-state index contributed by atoms with van der Waals surface area (Å²) in [5.74, 6) is -1.26. The molecule has 1 aliphatic heterocycles. The highest BCUT2D eigenvalue weighted by Gasteiger charge is 2.46. The summed E-state index contributed by atoms with van der Waals surface area (Å²) >= 11 is 0. The number of aromatic nitrogens is 4. The summed E-state index contributed by atoms with van der Waals surface area (Å²) in [5, 5.41) is 30.4. The number of amides is 1. The number of aromatic amines is 1. The lowest BCUT2D eigenvalue weighted by Crippen LogP contribution is -2.46. The number of nitrogens with two attached hydrogens (primary N) is 1. The van der Waals surface area contributed by atoms with Gasteiger partial charge < -0.3 is 25.8 Å². The fraction of sp³-hybridized carbons (Fsp3) is 0.294. The van der Waals surface area contributed by atoms with E-state index < -0.39 is 47.2 Å². The normalized spacial score (nSPS) is 23.4. The third-order valence-electron chi connectivity index (χ3n) is 4.91. The lowest BCUT2D eigenvalue weighted by Gasteiger charge is -2.15. The van der Waals surface area contributed by atoms with Gasteiger partial charge in [-0.25, -0.2) is 9.29 Å². The summed E-state index contributed by atoms with van der Waals surface area (Å²) in [5.41, 5.74) is 6.24. The van der Waals surface area contributed by atoms with E-state index in [0.717, 1.165) is 0 Å². The van der Waals surface area contributed by atoms with Crippen LogP contribution in [0.15, 0.2) is 36.9 Å². The molecular formula is C17H20N7O7S+. The van der Waals surface area contributed by atoms with Gasteiger partial charge in [-0.2, -0.15) is 18.1 Å². The number of anilines is 1. The van der Waals surface area contributed by atoms with Crippen LogP contribution >= 0.6 is 0 Å². The van der Waals surface area contributed by atoms with E-state index in [1.165, 1.54) is 41.5 Å². The fourth-order valence-corrected chi connectivity index (χ4v) is 4.12. The van der Waals surface area contributed by atoms with E-state index in [4.69, 9.17) is 10.5 Å². The van der Waals surface area contributed by atoms with Gasteiger partial charge in [0, 0.05) is 6.54 Å². The molecule has 0 radical (unpaired) electrons. The number of phenolic OH excluding ortho intramolecular Hbond substituents is 1. The Bertz CT molecular complexity index is 1270. The lowest BCUT2D eigenvalue weighted by atomic mass is 10.1. The van der Waals surface area contributed by atoms with Crippen molar-refractivity contribution < 1.29 is 37.8 Å². The predicted octanol–water partition coefficient (Wildman–Crippen LogP) is -2.58. The third kappa shape index (κ3) is 4.06. The number of phenols is 1. The average molecular weight is 466 g/mol. The smallest absolute Gasteiger partial charge is 0.309 e. The lowest BCUT2D eigenvalue weighted by molar-refractivity contribution is -0.745. The highest BCUT2D eigenvalue weighted by molar-refractivity contribution is 7.88. The summed E-state index contributed by atoms with van der Waals surface area (Å²) in [6.45, 7) is -0.460. The Morgan fingerprint density at radius 3 is 2.75 bits per heavy atom. The minimum absolute atomic E-state index is 0.172. The summed E-state index contributed by atoms with van der Waals surface area (Å²) in [6, 6.07) is 5.42. The molecule has 3 aromatic rings. The molecule has 1 fully saturated rings. The Morgan fingerprint density at radius 2 is 2.00 bits per heavy atom. The van der Waals surface area contributed by atoms with Crippen molar-refractivity contribution in [3.63, 3.8) is 0 Å². The highest BCUT2D eigenvalue weighted by Crippen LogP contribution is 2.26. The van der Waals surface area contributed by atoms with Gasteiger partial charge in [0.2, 0.25) is 11.7 Å². The van der Waals surface area contributed by atoms with Crippen LogP contribution in [0.1, 0.15) is 16.6 Å². The van der Waals surface area contributed by atoms with Gasteiger partial charge in [-0.1, -0.05) is 17.1 Å². The quantitative estimate of drug-likeness (QED) is 0.188. The van der Waals surface area contributed by atoms with E-state index in [2.05, 4.69) is 19.7 Å². The molecule has 170 valence electrons. The number of carbonyl (C=O) groups is 1. The van der Waals surface area contributed by atoms with Crippen molar-refractivity contribution in [1.29, 1.82) is 0 Å². The Morgan fingerprint density at radius 1 is 1.25 bits per heavy atom. The third-order valence-corrected chi connectivity index (χ3v) is 5.91. The van der Waals surface area contributed by atoms with Crippen LogP contribution in [0, 0.1) is 0 Å². The van der Waals surface area contributed by atoms with Crippen LogP contribution in [0.2, 0.25) is 0 Å². The number of aliphatic hydroxyl groups excluding tert-OH is 2. The van der Waals surface area contributed by atoms with Crippen LogP contribution in [-0.4, -0.2) is 69.5 Å². The molecule has 15 heteroatoms. The van der Waals surface area contributed by atoms with Crippen LogP contribution in [0.3, 0.4) is 0 Å². The van der Waals surface area contributed by atoms with Crippen molar-refractivity contribution >= 4 is 33.1 Å². The number of aliphatic hydroxyl groups is 2. The van der Waals surface area contributed by atoms with Gasteiger partial charge in [-0.05, 0) is 12.1 Å². The number of rotatable bonds is 6. The van der Waals surface area contributed by atoms with E-state index >= 15 is 0 Å².